The first kappa shape index (κ1) is 20.5. The van der Waals surface area contributed by atoms with Gasteiger partial charge in [0.15, 0.2) is 12.1 Å². The Morgan fingerprint density at radius 2 is 1.62 bits per heavy atom. The highest BCUT2D eigenvalue weighted by molar-refractivity contribution is 4.92. The van der Waals surface area contributed by atoms with Crippen molar-refractivity contribution in [3.05, 3.63) is 0 Å². The van der Waals surface area contributed by atoms with Crippen molar-refractivity contribution in [1.82, 2.24) is 0 Å². The van der Waals surface area contributed by atoms with E-state index in [0.717, 1.165) is 6.42 Å². The van der Waals surface area contributed by atoms with Crippen molar-refractivity contribution in [2.75, 3.05) is 6.61 Å². The van der Waals surface area contributed by atoms with Gasteiger partial charge in [-0.1, -0.05) is 34.6 Å². The lowest BCUT2D eigenvalue weighted by atomic mass is 9.80. The molecule has 5 heteroatoms. The molecule has 0 aromatic rings. The lowest BCUT2D eigenvalue weighted by Crippen LogP contribution is -2.60. The van der Waals surface area contributed by atoms with E-state index in [1.165, 1.54) is 0 Å². The molecule has 152 valence electrons. The number of fused-ring (bicyclic) bond motifs is 1. The van der Waals surface area contributed by atoms with Crippen LogP contribution in [0, 0.1) is 23.7 Å². The smallest absolute Gasteiger partial charge is 0.163 e. The number of rotatable bonds is 3. The first-order chi connectivity index (χ1) is 12.1. The zero-order valence-electron chi connectivity index (χ0n) is 17.7. The second-order valence-corrected chi connectivity index (χ2v) is 9.16. The molecule has 0 aromatic carbocycles. The molecule has 0 amide bonds. The van der Waals surface area contributed by atoms with Gasteiger partial charge in [-0.15, -0.1) is 0 Å². The minimum atomic E-state index is -0.545. The Labute approximate surface area is 159 Å². The fraction of sp³-hybridized carbons (Fsp3) is 1.00. The maximum atomic E-state index is 6.59. The largest absolute Gasteiger partial charge is 0.372 e. The third-order valence-corrected chi connectivity index (χ3v) is 7.00. The molecule has 0 N–H and O–H groups in total. The van der Waals surface area contributed by atoms with Gasteiger partial charge >= 0.3 is 0 Å². The van der Waals surface area contributed by atoms with E-state index >= 15 is 0 Å². The van der Waals surface area contributed by atoms with Crippen molar-refractivity contribution in [2.24, 2.45) is 23.7 Å². The Morgan fingerprint density at radius 3 is 2.27 bits per heavy atom. The molecule has 3 saturated heterocycles. The second-order valence-electron chi connectivity index (χ2n) is 9.16. The Kier molecular flexibility index (Phi) is 6.06. The zero-order chi connectivity index (χ0) is 19.2. The molecule has 3 aliphatic rings. The summed E-state index contributed by atoms with van der Waals surface area (Å²) < 4.78 is 31.2. The van der Waals surface area contributed by atoms with Gasteiger partial charge in [-0.05, 0) is 44.9 Å². The lowest BCUT2D eigenvalue weighted by molar-refractivity contribution is -0.377. The molecule has 3 heterocycles. The van der Waals surface area contributed by atoms with Crippen molar-refractivity contribution < 1.29 is 23.7 Å². The van der Waals surface area contributed by atoms with Gasteiger partial charge in [0.05, 0.1) is 31.0 Å². The van der Waals surface area contributed by atoms with Gasteiger partial charge in [0.1, 0.15) is 6.10 Å². The quantitative estimate of drug-likeness (QED) is 0.752. The molecule has 0 bridgehead atoms. The summed E-state index contributed by atoms with van der Waals surface area (Å²) in [4.78, 5) is 0. The monoisotopic (exact) mass is 370 g/mol. The molecule has 3 aliphatic heterocycles. The van der Waals surface area contributed by atoms with E-state index in [9.17, 15) is 0 Å². The minimum Gasteiger partial charge on any atom is -0.372 e. The first-order valence-electron chi connectivity index (χ1n) is 10.4. The van der Waals surface area contributed by atoms with Gasteiger partial charge in [0.2, 0.25) is 0 Å². The van der Waals surface area contributed by atoms with Crippen LogP contribution >= 0.6 is 0 Å². The van der Waals surface area contributed by atoms with Gasteiger partial charge in [-0.2, -0.15) is 0 Å². The van der Waals surface area contributed by atoms with Crippen molar-refractivity contribution in [3.8, 4) is 0 Å². The number of hydrogen-bond donors (Lipinski definition) is 0. The zero-order valence-corrected chi connectivity index (χ0v) is 17.7. The summed E-state index contributed by atoms with van der Waals surface area (Å²) in [5.41, 5.74) is 0. The fourth-order valence-corrected chi connectivity index (χ4v) is 4.61. The molecule has 0 aliphatic carbocycles. The predicted octanol–water partition coefficient (Wildman–Crippen LogP) is 3.99. The normalized spacial score (nSPS) is 51.7. The molecule has 5 nitrogen and oxygen atoms in total. The summed E-state index contributed by atoms with van der Waals surface area (Å²) in [7, 11) is 0. The Bertz CT molecular complexity index is 477. The van der Waals surface area contributed by atoms with Crippen LogP contribution in [0.3, 0.4) is 0 Å². The summed E-state index contributed by atoms with van der Waals surface area (Å²) in [5.74, 6) is 0.957. The summed E-state index contributed by atoms with van der Waals surface area (Å²) >= 11 is 0. The van der Waals surface area contributed by atoms with E-state index < -0.39 is 5.79 Å². The van der Waals surface area contributed by atoms with Crippen LogP contribution in [0.5, 0.6) is 0 Å². The molecule has 5 unspecified atom stereocenters. The minimum absolute atomic E-state index is 0.0505. The maximum absolute atomic E-state index is 6.59. The van der Waals surface area contributed by atoms with Crippen LogP contribution in [-0.4, -0.2) is 49.2 Å². The highest BCUT2D eigenvalue weighted by atomic mass is 16.8. The van der Waals surface area contributed by atoms with E-state index in [2.05, 4.69) is 41.5 Å². The highest BCUT2D eigenvalue weighted by Gasteiger charge is 2.50. The molecule has 3 rings (SSSR count). The molecule has 0 saturated carbocycles. The van der Waals surface area contributed by atoms with E-state index in [0.29, 0.717) is 24.4 Å². The second kappa shape index (κ2) is 7.67. The van der Waals surface area contributed by atoms with Crippen LogP contribution in [0.25, 0.3) is 0 Å². The van der Waals surface area contributed by atoms with Gasteiger partial charge in [-0.3, -0.25) is 0 Å². The number of ether oxygens (including phenoxy) is 5. The molecular formula is C21H38O5. The van der Waals surface area contributed by atoms with Crippen molar-refractivity contribution in [3.63, 3.8) is 0 Å². The fourth-order valence-electron chi connectivity index (χ4n) is 4.61. The molecule has 0 aromatic heterocycles. The molecule has 0 radical (unpaired) electrons. The van der Waals surface area contributed by atoms with Crippen LogP contribution in [-0.2, 0) is 23.7 Å². The van der Waals surface area contributed by atoms with E-state index in [-0.39, 0.29) is 42.7 Å². The van der Waals surface area contributed by atoms with Gasteiger partial charge in [-0.25, -0.2) is 0 Å². The van der Waals surface area contributed by atoms with Crippen molar-refractivity contribution in [2.45, 2.75) is 104 Å². The topological polar surface area (TPSA) is 46.2 Å². The first-order valence-corrected chi connectivity index (χ1v) is 10.4. The molecule has 3 fully saturated rings. The Balaban J connectivity index is 1.71. The van der Waals surface area contributed by atoms with Crippen molar-refractivity contribution >= 4 is 0 Å². The van der Waals surface area contributed by atoms with E-state index in [1.54, 1.807) is 0 Å². The van der Waals surface area contributed by atoms with Gasteiger partial charge in [0, 0.05) is 5.92 Å². The predicted molar refractivity (Wildman–Crippen MR) is 99.7 cm³/mol. The van der Waals surface area contributed by atoms with Gasteiger partial charge < -0.3 is 23.7 Å². The third-order valence-electron chi connectivity index (χ3n) is 7.00. The summed E-state index contributed by atoms with van der Waals surface area (Å²) in [6.45, 7) is 17.8. The Morgan fingerprint density at radius 1 is 0.923 bits per heavy atom. The van der Waals surface area contributed by atoms with Crippen LogP contribution in [0.4, 0.5) is 0 Å². The Hall–Kier alpha value is -0.200. The summed E-state index contributed by atoms with van der Waals surface area (Å²) in [6, 6.07) is 0. The van der Waals surface area contributed by atoms with E-state index in [1.807, 2.05) is 13.8 Å². The molecule has 26 heavy (non-hydrogen) atoms. The number of hydrogen-bond acceptors (Lipinski definition) is 5. The average Bonchev–Trinajstić information content (AvgIpc) is 2.59. The third kappa shape index (κ3) is 3.83. The van der Waals surface area contributed by atoms with Crippen LogP contribution in [0.15, 0.2) is 0 Å². The lowest BCUT2D eigenvalue weighted by Gasteiger charge is -2.52. The van der Waals surface area contributed by atoms with Crippen LogP contribution in [0.2, 0.25) is 0 Å². The molecule has 10 atom stereocenters. The van der Waals surface area contributed by atoms with E-state index in [4.69, 9.17) is 23.7 Å². The summed E-state index contributed by atoms with van der Waals surface area (Å²) in [5, 5.41) is 0. The average molecular weight is 371 g/mol. The van der Waals surface area contributed by atoms with Gasteiger partial charge in [0.25, 0.3) is 0 Å². The SMILES string of the molecule is CCC1O[C@H](C)C(C)C(C)[C@@H]1O[C@@H]1OC2COC(C)(C)O[C@@H]2[C@@H](C)C1C. The maximum Gasteiger partial charge on any atom is 0.163 e. The van der Waals surface area contributed by atoms with Crippen LogP contribution < -0.4 is 0 Å². The van der Waals surface area contributed by atoms with Crippen molar-refractivity contribution in [1.29, 1.82) is 0 Å². The highest BCUT2D eigenvalue weighted by Crippen LogP contribution is 2.41. The summed E-state index contributed by atoms with van der Waals surface area (Å²) in [6.07, 6.45) is 1.14. The molecular weight excluding hydrogens is 332 g/mol. The standard InChI is InChI=1S/C21H38O5/c1-9-16-18(12(3)11(2)15(6)23-16)25-20-14(5)13(4)19-17(24-20)10-22-21(7,8)26-19/h11-20H,9-10H2,1-8H3/t11?,12?,13-,14?,15+,16?,17?,18-,19+,20-/m0/s1. The molecule has 0 spiro atoms. The van der Waals surface area contributed by atoms with Crippen LogP contribution in [0.1, 0.15) is 61.8 Å².